The summed E-state index contributed by atoms with van der Waals surface area (Å²) in [6.07, 6.45) is 6.36. The molecule has 0 saturated carbocycles. The summed E-state index contributed by atoms with van der Waals surface area (Å²) in [5.41, 5.74) is 1.58. The lowest BCUT2D eigenvalue weighted by atomic mass is 10.2. The van der Waals surface area contributed by atoms with Crippen molar-refractivity contribution in [1.29, 1.82) is 0 Å². The second-order valence-corrected chi connectivity index (χ2v) is 6.01. The van der Waals surface area contributed by atoms with Crippen LogP contribution >= 0.6 is 0 Å². The Morgan fingerprint density at radius 3 is 2.70 bits per heavy atom. The number of aromatic nitrogens is 2. The number of nitrogens with one attached hydrogen (secondary N) is 2. The summed E-state index contributed by atoms with van der Waals surface area (Å²) < 4.78 is 20.6. The van der Waals surface area contributed by atoms with Crippen LogP contribution in [0.3, 0.4) is 0 Å². The van der Waals surface area contributed by atoms with Crippen molar-refractivity contribution in [1.82, 2.24) is 20.2 Å². The fraction of sp³-hybridized carbons (Fsp3) is 0.300. The van der Waals surface area contributed by atoms with Crippen LogP contribution in [0.25, 0.3) is 11.5 Å². The first-order chi connectivity index (χ1) is 13.2. The molecule has 0 fully saturated rings. The molecule has 0 bridgehead atoms. The maximum Gasteiger partial charge on any atom is 0.226 e. The van der Waals surface area contributed by atoms with Crippen molar-refractivity contribution in [3.63, 3.8) is 0 Å². The Kier molecular flexibility index (Phi) is 6.62. The summed E-state index contributed by atoms with van der Waals surface area (Å²) >= 11 is 0. The summed E-state index contributed by atoms with van der Waals surface area (Å²) in [5.74, 6) is 0.998. The standard InChI is InChI=1S/C20H24FN5O/c1-2-22-20(24-11-14-26-12-3-4-13-26)23-10-9-18-15-27-19(25-18)16-5-7-17(21)8-6-16/h3-8,12-13,15H,2,9-11,14H2,1H3,(H2,22,23,24). The molecule has 3 rings (SSSR count). The Balaban J connectivity index is 1.50. The summed E-state index contributed by atoms with van der Waals surface area (Å²) in [7, 11) is 0. The van der Waals surface area contributed by atoms with Crippen LogP contribution in [0.15, 0.2) is 64.5 Å². The lowest BCUT2D eigenvalue weighted by Gasteiger charge is -2.11. The first kappa shape index (κ1) is 18.7. The topological polar surface area (TPSA) is 67.4 Å². The molecule has 0 radical (unpaired) electrons. The average molecular weight is 369 g/mol. The van der Waals surface area contributed by atoms with Crippen LogP contribution in [-0.2, 0) is 13.0 Å². The first-order valence-electron chi connectivity index (χ1n) is 9.08. The molecule has 0 aliphatic rings. The van der Waals surface area contributed by atoms with Crippen molar-refractivity contribution in [2.45, 2.75) is 19.9 Å². The van der Waals surface area contributed by atoms with Crippen molar-refractivity contribution in [3.8, 4) is 11.5 Å². The van der Waals surface area contributed by atoms with Gasteiger partial charge in [0.15, 0.2) is 5.96 Å². The fourth-order valence-electron chi connectivity index (χ4n) is 2.59. The number of nitrogens with zero attached hydrogens (tertiary/aromatic N) is 3. The molecule has 0 aliphatic carbocycles. The molecule has 2 aromatic heterocycles. The second-order valence-electron chi connectivity index (χ2n) is 6.01. The Bertz CT molecular complexity index is 840. The van der Waals surface area contributed by atoms with Gasteiger partial charge in [-0.1, -0.05) is 0 Å². The van der Waals surface area contributed by atoms with Crippen LogP contribution in [-0.4, -0.2) is 35.1 Å². The van der Waals surface area contributed by atoms with Gasteiger partial charge >= 0.3 is 0 Å². The van der Waals surface area contributed by atoms with Gasteiger partial charge in [0, 0.05) is 50.6 Å². The quantitative estimate of drug-likeness (QED) is 0.473. The second kappa shape index (κ2) is 9.56. The van der Waals surface area contributed by atoms with E-state index in [1.54, 1.807) is 18.4 Å². The predicted molar refractivity (Wildman–Crippen MR) is 104 cm³/mol. The van der Waals surface area contributed by atoms with Crippen molar-refractivity contribution in [3.05, 3.63) is 66.6 Å². The smallest absolute Gasteiger partial charge is 0.226 e. The van der Waals surface area contributed by atoms with Gasteiger partial charge in [-0.05, 0) is 43.3 Å². The molecule has 3 aromatic rings. The van der Waals surface area contributed by atoms with E-state index in [-0.39, 0.29) is 5.82 Å². The summed E-state index contributed by atoms with van der Waals surface area (Å²) in [4.78, 5) is 9.02. The van der Waals surface area contributed by atoms with E-state index in [0.717, 1.165) is 36.9 Å². The van der Waals surface area contributed by atoms with Crippen LogP contribution in [0, 0.1) is 5.82 Å². The van der Waals surface area contributed by atoms with E-state index in [1.807, 2.05) is 31.5 Å². The van der Waals surface area contributed by atoms with E-state index < -0.39 is 0 Å². The third-order valence-electron chi connectivity index (χ3n) is 3.95. The lowest BCUT2D eigenvalue weighted by molar-refractivity contribution is 0.572. The van der Waals surface area contributed by atoms with Crippen molar-refractivity contribution < 1.29 is 8.81 Å². The number of hydrogen-bond donors (Lipinski definition) is 2. The molecule has 0 saturated heterocycles. The number of guanidine groups is 1. The molecule has 0 spiro atoms. The zero-order valence-corrected chi connectivity index (χ0v) is 15.4. The molecule has 27 heavy (non-hydrogen) atoms. The van der Waals surface area contributed by atoms with E-state index in [4.69, 9.17) is 4.42 Å². The molecule has 142 valence electrons. The number of hydrogen-bond acceptors (Lipinski definition) is 3. The number of oxazole rings is 1. The summed E-state index contributed by atoms with van der Waals surface area (Å²) in [5, 5.41) is 6.56. The van der Waals surface area contributed by atoms with Crippen molar-refractivity contribution in [2.24, 2.45) is 4.99 Å². The number of halogens is 1. The minimum Gasteiger partial charge on any atom is -0.444 e. The molecule has 0 unspecified atom stereocenters. The van der Waals surface area contributed by atoms with E-state index in [9.17, 15) is 4.39 Å². The Hall–Kier alpha value is -3.09. The van der Waals surface area contributed by atoms with E-state index in [1.165, 1.54) is 12.1 Å². The Labute approximate surface area is 158 Å². The number of benzene rings is 1. The Morgan fingerprint density at radius 2 is 1.96 bits per heavy atom. The number of rotatable bonds is 8. The maximum absolute atomic E-state index is 13.0. The van der Waals surface area contributed by atoms with Crippen LogP contribution in [0.4, 0.5) is 4.39 Å². The molecule has 1 aromatic carbocycles. The first-order valence-corrected chi connectivity index (χ1v) is 9.08. The predicted octanol–water partition coefficient (Wildman–Crippen LogP) is 3.08. The highest BCUT2D eigenvalue weighted by atomic mass is 19.1. The SMILES string of the molecule is CCNC(=NCCc1coc(-c2ccc(F)cc2)n1)NCCn1cccc1. The largest absolute Gasteiger partial charge is 0.444 e. The molecule has 0 amide bonds. The molecular formula is C20H24FN5O. The van der Waals surface area contributed by atoms with Gasteiger partial charge in [0.05, 0.1) is 5.69 Å². The highest BCUT2D eigenvalue weighted by Gasteiger charge is 2.07. The molecule has 0 aliphatic heterocycles. The average Bonchev–Trinajstić information content (AvgIpc) is 3.34. The van der Waals surface area contributed by atoms with Crippen LogP contribution in [0.5, 0.6) is 0 Å². The molecular weight excluding hydrogens is 345 g/mol. The van der Waals surface area contributed by atoms with Gasteiger partial charge < -0.3 is 19.6 Å². The zero-order chi connectivity index (χ0) is 18.9. The third kappa shape index (κ3) is 5.70. The van der Waals surface area contributed by atoms with Crippen LogP contribution in [0.2, 0.25) is 0 Å². The minimum absolute atomic E-state index is 0.278. The van der Waals surface area contributed by atoms with Gasteiger partial charge in [-0.15, -0.1) is 0 Å². The normalized spacial score (nSPS) is 11.6. The number of aliphatic imine (C=N–C) groups is 1. The maximum atomic E-state index is 13.0. The minimum atomic E-state index is -0.278. The van der Waals surface area contributed by atoms with Gasteiger partial charge in [0.2, 0.25) is 5.89 Å². The lowest BCUT2D eigenvalue weighted by Crippen LogP contribution is -2.39. The fourth-order valence-corrected chi connectivity index (χ4v) is 2.59. The van der Waals surface area contributed by atoms with Gasteiger partial charge in [-0.25, -0.2) is 9.37 Å². The van der Waals surface area contributed by atoms with E-state index >= 15 is 0 Å². The van der Waals surface area contributed by atoms with E-state index in [0.29, 0.717) is 18.9 Å². The molecule has 2 heterocycles. The highest BCUT2D eigenvalue weighted by molar-refractivity contribution is 5.79. The highest BCUT2D eigenvalue weighted by Crippen LogP contribution is 2.19. The molecule has 0 atom stereocenters. The van der Waals surface area contributed by atoms with Crippen LogP contribution < -0.4 is 10.6 Å². The summed E-state index contributed by atoms with van der Waals surface area (Å²) in [6, 6.07) is 10.1. The van der Waals surface area contributed by atoms with E-state index in [2.05, 4.69) is 25.2 Å². The van der Waals surface area contributed by atoms with Gasteiger partial charge in [-0.2, -0.15) is 0 Å². The van der Waals surface area contributed by atoms with Crippen molar-refractivity contribution >= 4 is 5.96 Å². The molecule has 7 heteroatoms. The monoisotopic (exact) mass is 369 g/mol. The zero-order valence-electron chi connectivity index (χ0n) is 15.4. The molecule has 6 nitrogen and oxygen atoms in total. The van der Waals surface area contributed by atoms with Gasteiger partial charge in [-0.3, -0.25) is 4.99 Å². The summed E-state index contributed by atoms with van der Waals surface area (Å²) in [6.45, 7) is 5.10. The molecule has 2 N–H and O–H groups in total. The van der Waals surface area contributed by atoms with Crippen LogP contribution in [0.1, 0.15) is 12.6 Å². The van der Waals surface area contributed by atoms with Gasteiger partial charge in [0.1, 0.15) is 12.1 Å². The van der Waals surface area contributed by atoms with Crippen molar-refractivity contribution in [2.75, 3.05) is 19.6 Å². The third-order valence-corrected chi connectivity index (χ3v) is 3.95. The Morgan fingerprint density at radius 1 is 1.19 bits per heavy atom. The van der Waals surface area contributed by atoms with Gasteiger partial charge in [0.25, 0.3) is 0 Å².